The molecule has 0 aliphatic carbocycles. The second-order valence-corrected chi connectivity index (χ2v) is 4.33. The van der Waals surface area contributed by atoms with Crippen molar-refractivity contribution in [2.75, 3.05) is 47.1 Å². The van der Waals surface area contributed by atoms with Gasteiger partial charge in [-0.1, -0.05) is 0 Å². The van der Waals surface area contributed by atoms with E-state index in [0.29, 0.717) is 19.1 Å². The van der Waals surface area contributed by atoms with Crippen molar-refractivity contribution in [3.8, 4) is 0 Å². The molecule has 2 atom stereocenters. The number of aliphatic hydroxyl groups is 1. The topological polar surface area (TPSA) is 41.9 Å². The Morgan fingerprint density at radius 2 is 2.20 bits per heavy atom. The molecule has 1 fully saturated rings. The highest BCUT2D eigenvalue weighted by atomic mass is 16.5. The number of hydrogen-bond acceptors (Lipinski definition) is 4. The quantitative estimate of drug-likeness (QED) is 0.697. The van der Waals surface area contributed by atoms with E-state index in [1.54, 1.807) is 14.2 Å². The van der Waals surface area contributed by atoms with Gasteiger partial charge >= 0.3 is 0 Å². The Kier molecular flexibility index (Phi) is 6.17. The number of nitrogens with zero attached hydrogens (tertiary/aromatic N) is 1. The molecule has 0 saturated carbocycles. The molecule has 0 aromatic rings. The van der Waals surface area contributed by atoms with Gasteiger partial charge in [0.2, 0.25) is 0 Å². The standard InChI is InChI=1S/C11H23NO3/c1-14-8-10-4-3-5-12(6-10)7-11(13)9-15-2/h10-11,13H,3-9H2,1-2H3/t10-,11-/m1/s1. The minimum atomic E-state index is -0.365. The van der Waals surface area contributed by atoms with Gasteiger partial charge in [0.25, 0.3) is 0 Å². The van der Waals surface area contributed by atoms with E-state index < -0.39 is 0 Å². The maximum absolute atomic E-state index is 9.62. The zero-order valence-electron chi connectivity index (χ0n) is 9.82. The third-order valence-electron chi connectivity index (χ3n) is 2.83. The van der Waals surface area contributed by atoms with Crippen LogP contribution in [0.25, 0.3) is 0 Å². The Balaban J connectivity index is 2.23. The molecule has 0 spiro atoms. The predicted molar refractivity (Wildman–Crippen MR) is 58.9 cm³/mol. The predicted octanol–water partition coefficient (Wildman–Crippen LogP) is 0.352. The molecule has 1 aliphatic rings. The van der Waals surface area contributed by atoms with Gasteiger partial charge in [-0.05, 0) is 25.3 Å². The van der Waals surface area contributed by atoms with Gasteiger partial charge < -0.3 is 19.5 Å². The van der Waals surface area contributed by atoms with Gasteiger partial charge in [-0.2, -0.15) is 0 Å². The lowest BCUT2D eigenvalue weighted by Gasteiger charge is -2.33. The van der Waals surface area contributed by atoms with E-state index >= 15 is 0 Å². The van der Waals surface area contributed by atoms with Crippen molar-refractivity contribution in [3.05, 3.63) is 0 Å². The summed E-state index contributed by atoms with van der Waals surface area (Å²) in [5.41, 5.74) is 0. The highest BCUT2D eigenvalue weighted by molar-refractivity contribution is 4.74. The molecule has 0 aromatic heterocycles. The third kappa shape index (κ3) is 4.93. The van der Waals surface area contributed by atoms with Crippen LogP contribution in [0.1, 0.15) is 12.8 Å². The molecule has 4 heteroatoms. The lowest BCUT2D eigenvalue weighted by molar-refractivity contribution is 0.0186. The fraction of sp³-hybridized carbons (Fsp3) is 1.00. The van der Waals surface area contributed by atoms with E-state index in [1.807, 2.05) is 0 Å². The highest BCUT2D eigenvalue weighted by Crippen LogP contribution is 2.16. The van der Waals surface area contributed by atoms with Crippen molar-refractivity contribution >= 4 is 0 Å². The summed E-state index contributed by atoms with van der Waals surface area (Å²) in [6, 6.07) is 0. The van der Waals surface area contributed by atoms with Gasteiger partial charge in [-0.3, -0.25) is 0 Å². The first-order valence-corrected chi connectivity index (χ1v) is 5.64. The van der Waals surface area contributed by atoms with E-state index in [0.717, 1.165) is 19.7 Å². The first-order chi connectivity index (χ1) is 7.26. The molecule has 1 rings (SSSR count). The molecule has 1 N–H and O–H groups in total. The lowest BCUT2D eigenvalue weighted by atomic mass is 9.99. The van der Waals surface area contributed by atoms with E-state index in [1.165, 1.54) is 12.8 Å². The first kappa shape index (κ1) is 12.9. The SMILES string of the molecule is COC[C@H](O)CN1CCC[C@@H](COC)C1. The van der Waals surface area contributed by atoms with Gasteiger partial charge in [-0.25, -0.2) is 0 Å². The average molecular weight is 217 g/mol. The molecular weight excluding hydrogens is 194 g/mol. The number of rotatable bonds is 6. The Morgan fingerprint density at radius 3 is 2.87 bits per heavy atom. The Labute approximate surface area is 92.2 Å². The van der Waals surface area contributed by atoms with Crippen molar-refractivity contribution in [2.45, 2.75) is 18.9 Å². The van der Waals surface area contributed by atoms with Crippen LogP contribution in [0.3, 0.4) is 0 Å². The van der Waals surface area contributed by atoms with Crippen LogP contribution in [0.2, 0.25) is 0 Å². The molecule has 0 unspecified atom stereocenters. The molecule has 0 radical (unpaired) electrons. The molecule has 1 saturated heterocycles. The van der Waals surface area contributed by atoms with Crippen LogP contribution in [0.4, 0.5) is 0 Å². The summed E-state index contributed by atoms with van der Waals surface area (Å²) < 4.78 is 10.1. The maximum atomic E-state index is 9.62. The number of aliphatic hydroxyl groups excluding tert-OH is 1. The Bertz CT molecular complexity index is 162. The monoisotopic (exact) mass is 217 g/mol. The van der Waals surface area contributed by atoms with Crippen molar-refractivity contribution in [3.63, 3.8) is 0 Å². The summed E-state index contributed by atoms with van der Waals surface area (Å²) in [6.45, 7) is 4.09. The van der Waals surface area contributed by atoms with E-state index in [-0.39, 0.29) is 6.10 Å². The second kappa shape index (κ2) is 7.17. The Morgan fingerprint density at radius 1 is 1.40 bits per heavy atom. The van der Waals surface area contributed by atoms with Crippen LogP contribution in [0, 0.1) is 5.92 Å². The van der Waals surface area contributed by atoms with Crippen LogP contribution >= 0.6 is 0 Å². The van der Waals surface area contributed by atoms with Gasteiger partial charge in [0.15, 0.2) is 0 Å². The molecule has 15 heavy (non-hydrogen) atoms. The van der Waals surface area contributed by atoms with Crippen LogP contribution in [0.5, 0.6) is 0 Å². The summed E-state index contributed by atoms with van der Waals surface area (Å²) in [6.07, 6.45) is 2.08. The summed E-state index contributed by atoms with van der Waals surface area (Å²) in [5, 5.41) is 9.62. The third-order valence-corrected chi connectivity index (χ3v) is 2.83. The molecule has 90 valence electrons. The van der Waals surface area contributed by atoms with Gasteiger partial charge in [0.1, 0.15) is 0 Å². The number of β-amino-alcohol motifs (C(OH)–C–C–N with tert-alkyl or cyclic N) is 1. The first-order valence-electron chi connectivity index (χ1n) is 5.64. The number of piperidine rings is 1. The van der Waals surface area contributed by atoms with Gasteiger partial charge in [0, 0.05) is 27.3 Å². The average Bonchev–Trinajstić information content (AvgIpc) is 2.19. The maximum Gasteiger partial charge on any atom is 0.0900 e. The van der Waals surface area contributed by atoms with Crippen molar-refractivity contribution in [1.82, 2.24) is 4.90 Å². The van der Waals surface area contributed by atoms with Crippen LogP contribution < -0.4 is 0 Å². The van der Waals surface area contributed by atoms with E-state index in [2.05, 4.69) is 4.90 Å². The largest absolute Gasteiger partial charge is 0.389 e. The molecule has 0 amide bonds. The smallest absolute Gasteiger partial charge is 0.0900 e. The van der Waals surface area contributed by atoms with Gasteiger partial charge in [-0.15, -0.1) is 0 Å². The fourth-order valence-electron chi connectivity index (χ4n) is 2.23. The normalized spacial score (nSPS) is 25.4. The highest BCUT2D eigenvalue weighted by Gasteiger charge is 2.21. The minimum absolute atomic E-state index is 0.365. The zero-order valence-corrected chi connectivity index (χ0v) is 9.82. The van der Waals surface area contributed by atoms with E-state index in [9.17, 15) is 5.11 Å². The fourth-order valence-corrected chi connectivity index (χ4v) is 2.23. The molecule has 4 nitrogen and oxygen atoms in total. The van der Waals surface area contributed by atoms with Crippen LogP contribution in [-0.2, 0) is 9.47 Å². The summed E-state index contributed by atoms with van der Waals surface area (Å²) in [5.74, 6) is 0.624. The minimum Gasteiger partial charge on any atom is -0.389 e. The van der Waals surface area contributed by atoms with Crippen LogP contribution in [0.15, 0.2) is 0 Å². The summed E-state index contributed by atoms with van der Waals surface area (Å²) in [4.78, 5) is 2.30. The van der Waals surface area contributed by atoms with E-state index in [4.69, 9.17) is 9.47 Å². The Hall–Kier alpha value is -0.160. The van der Waals surface area contributed by atoms with Crippen molar-refractivity contribution in [1.29, 1.82) is 0 Å². The number of hydrogen-bond donors (Lipinski definition) is 1. The van der Waals surface area contributed by atoms with Crippen molar-refractivity contribution < 1.29 is 14.6 Å². The molecule has 1 heterocycles. The molecule has 0 bridgehead atoms. The lowest BCUT2D eigenvalue weighted by Crippen LogP contribution is -2.42. The van der Waals surface area contributed by atoms with Crippen molar-refractivity contribution in [2.24, 2.45) is 5.92 Å². The second-order valence-electron chi connectivity index (χ2n) is 4.33. The zero-order chi connectivity index (χ0) is 11.1. The molecular formula is C11H23NO3. The van der Waals surface area contributed by atoms with Gasteiger partial charge in [0.05, 0.1) is 19.3 Å². The number of likely N-dealkylation sites (tertiary alicyclic amines) is 1. The summed E-state index contributed by atoms with van der Waals surface area (Å²) >= 11 is 0. The summed E-state index contributed by atoms with van der Waals surface area (Å²) in [7, 11) is 3.37. The molecule has 1 aliphatic heterocycles. The number of methoxy groups -OCH3 is 2. The van der Waals surface area contributed by atoms with Crippen LogP contribution in [-0.4, -0.2) is 63.2 Å². The number of ether oxygens (including phenoxy) is 2. The molecule has 0 aromatic carbocycles.